The first-order chi connectivity index (χ1) is 10.9. The molecule has 0 saturated carbocycles. The largest absolute Gasteiger partial charge is 0.345 e. The van der Waals surface area contributed by atoms with Gasteiger partial charge < -0.3 is 4.57 Å². The third-order valence-corrected chi connectivity index (χ3v) is 3.71. The molecule has 2 heterocycles. The van der Waals surface area contributed by atoms with Crippen LogP contribution in [0.2, 0.25) is 0 Å². The van der Waals surface area contributed by atoms with Gasteiger partial charge in [-0.3, -0.25) is 0 Å². The van der Waals surface area contributed by atoms with Crippen LogP contribution in [0, 0.1) is 0 Å². The lowest BCUT2D eigenvalue weighted by atomic mass is 10.2. The molecule has 0 aliphatic heterocycles. The van der Waals surface area contributed by atoms with Crippen LogP contribution in [0.5, 0.6) is 0 Å². The quantitative estimate of drug-likeness (QED) is 0.580. The lowest BCUT2D eigenvalue weighted by Crippen LogP contribution is -2.10. The molecule has 5 heteroatoms. The molecular formula is C17H15N5. The minimum Gasteiger partial charge on any atom is -0.345 e. The molecular weight excluding hydrogens is 274 g/mol. The van der Waals surface area contributed by atoms with Crippen LogP contribution >= 0.6 is 0 Å². The van der Waals surface area contributed by atoms with Crippen LogP contribution in [0.4, 0.5) is 0 Å². The zero-order valence-corrected chi connectivity index (χ0v) is 12.0. The molecule has 2 aromatic carbocycles. The van der Waals surface area contributed by atoms with Crippen LogP contribution < -0.4 is 0 Å². The van der Waals surface area contributed by atoms with E-state index in [1.807, 2.05) is 35.0 Å². The van der Waals surface area contributed by atoms with Crippen molar-refractivity contribution in [2.24, 2.45) is 0 Å². The summed E-state index contributed by atoms with van der Waals surface area (Å²) in [5.74, 6) is 0.851. The van der Waals surface area contributed by atoms with Gasteiger partial charge in [0.1, 0.15) is 0 Å². The second-order valence-corrected chi connectivity index (χ2v) is 5.30. The van der Waals surface area contributed by atoms with Crippen molar-refractivity contribution in [1.29, 1.82) is 0 Å². The topological polar surface area (TPSA) is 48.5 Å². The maximum Gasteiger partial charge on any atom is 0.171 e. The van der Waals surface area contributed by atoms with Crippen molar-refractivity contribution >= 4 is 10.8 Å². The maximum atomic E-state index is 4.16. The van der Waals surface area contributed by atoms with Crippen molar-refractivity contribution in [1.82, 2.24) is 24.8 Å². The fourth-order valence-electron chi connectivity index (χ4n) is 2.61. The van der Waals surface area contributed by atoms with Crippen molar-refractivity contribution in [3.05, 3.63) is 78.4 Å². The van der Waals surface area contributed by atoms with Crippen molar-refractivity contribution in [2.45, 2.75) is 13.1 Å². The standard InChI is InChI=1S/C17H15N5/c1-2-6-14(7-3-1)10-22-17(18-19-20-22)13-21-11-15-8-4-5-9-16(15)12-21/h1-9,11-12H,10,13H2. The first kappa shape index (κ1) is 12.8. The molecule has 108 valence electrons. The van der Waals surface area contributed by atoms with E-state index in [0.717, 1.165) is 5.82 Å². The summed E-state index contributed by atoms with van der Waals surface area (Å²) < 4.78 is 3.97. The Hall–Kier alpha value is -2.95. The number of hydrogen-bond acceptors (Lipinski definition) is 3. The average Bonchev–Trinajstić information content (AvgIpc) is 3.15. The summed E-state index contributed by atoms with van der Waals surface area (Å²) in [6.45, 7) is 1.35. The van der Waals surface area contributed by atoms with E-state index >= 15 is 0 Å². The summed E-state index contributed by atoms with van der Waals surface area (Å²) in [6, 6.07) is 18.5. The summed E-state index contributed by atoms with van der Waals surface area (Å²) in [5.41, 5.74) is 1.19. The van der Waals surface area contributed by atoms with Crippen molar-refractivity contribution in [3.63, 3.8) is 0 Å². The van der Waals surface area contributed by atoms with E-state index in [1.54, 1.807) is 0 Å². The van der Waals surface area contributed by atoms with Crippen molar-refractivity contribution in [3.8, 4) is 0 Å². The Labute approximate surface area is 127 Å². The molecule has 0 fully saturated rings. The number of aromatic nitrogens is 5. The Morgan fingerprint density at radius 3 is 2.18 bits per heavy atom. The monoisotopic (exact) mass is 289 g/mol. The zero-order valence-electron chi connectivity index (χ0n) is 12.0. The van der Waals surface area contributed by atoms with Crippen LogP contribution in [0.3, 0.4) is 0 Å². The van der Waals surface area contributed by atoms with Crippen LogP contribution in [-0.2, 0) is 13.1 Å². The van der Waals surface area contributed by atoms with E-state index in [0.29, 0.717) is 13.1 Å². The van der Waals surface area contributed by atoms with E-state index in [4.69, 9.17) is 0 Å². The molecule has 0 aliphatic carbocycles. The summed E-state index contributed by atoms with van der Waals surface area (Å²) in [4.78, 5) is 0. The van der Waals surface area contributed by atoms with Crippen LogP contribution in [-0.4, -0.2) is 24.8 Å². The van der Waals surface area contributed by atoms with Gasteiger partial charge in [-0.15, -0.1) is 5.10 Å². The molecule has 22 heavy (non-hydrogen) atoms. The van der Waals surface area contributed by atoms with E-state index in [-0.39, 0.29) is 0 Å². The maximum absolute atomic E-state index is 4.16. The van der Waals surface area contributed by atoms with Gasteiger partial charge >= 0.3 is 0 Å². The smallest absolute Gasteiger partial charge is 0.171 e. The predicted molar refractivity (Wildman–Crippen MR) is 84.4 cm³/mol. The second-order valence-electron chi connectivity index (χ2n) is 5.30. The normalized spacial score (nSPS) is 11.1. The predicted octanol–water partition coefficient (Wildman–Crippen LogP) is 2.72. The number of hydrogen-bond donors (Lipinski definition) is 0. The number of fused-ring (bicyclic) bond motifs is 1. The molecule has 0 atom stereocenters. The van der Waals surface area contributed by atoms with E-state index in [2.05, 4.69) is 56.8 Å². The molecule has 2 aromatic heterocycles. The van der Waals surface area contributed by atoms with Crippen LogP contribution in [0.25, 0.3) is 10.8 Å². The van der Waals surface area contributed by atoms with Gasteiger partial charge in [0.2, 0.25) is 0 Å². The first-order valence-electron chi connectivity index (χ1n) is 7.22. The molecule has 4 rings (SSSR count). The Balaban J connectivity index is 1.60. The van der Waals surface area contributed by atoms with Gasteiger partial charge in [-0.05, 0) is 26.8 Å². The van der Waals surface area contributed by atoms with Gasteiger partial charge in [0, 0.05) is 12.4 Å². The fourth-order valence-corrected chi connectivity index (χ4v) is 2.61. The summed E-state index contributed by atoms with van der Waals surface area (Å²) >= 11 is 0. The molecule has 0 spiro atoms. The highest BCUT2D eigenvalue weighted by atomic mass is 15.5. The summed E-state index contributed by atoms with van der Waals surface area (Å²) in [5, 5.41) is 14.5. The molecule has 0 amide bonds. The van der Waals surface area contributed by atoms with E-state index in [9.17, 15) is 0 Å². The Kier molecular flexibility index (Phi) is 3.16. The molecule has 0 unspecified atom stereocenters. The van der Waals surface area contributed by atoms with Crippen molar-refractivity contribution in [2.75, 3.05) is 0 Å². The summed E-state index contributed by atoms with van der Waals surface area (Å²) in [6.07, 6.45) is 4.24. The molecule has 4 aromatic rings. The Morgan fingerprint density at radius 1 is 0.773 bits per heavy atom. The lowest BCUT2D eigenvalue weighted by molar-refractivity contribution is 0.599. The minimum atomic E-state index is 0.661. The van der Waals surface area contributed by atoms with Gasteiger partial charge in [0.05, 0.1) is 13.1 Å². The number of rotatable bonds is 4. The number of nitrogens with zero attached hydrogens (tertiary/aromatic N) is 5. The Morgan fingerprint density at radius 2 is 1.45 bits per heavy atom. The third-order valence-electron chi connectivity index (χ3n) is 3.71. The molecule has 0 aliphatic rings. The van der Waals surface area contributed by atoms with Gasteiger partial charge in [0.25, 0.3) is 0 Å². The van der Waals surface area contributed by atoms with Crippen LogP contribution in [0.15, 0.2) is 67.0 Å². The minimum absolute atomic E-state index is 0.661. The first-order valence-corrected chi connectivity index (χ1v) is 7.22. The SMILES string of the molecule is c1ccc(Cn2nnnc2Cn2cc3ccccc3c2)cc1. The second kappa shape index (κ2) is 5.44. The van der Waals surface area contributed by atoms with Crippen LogP contribution in [0.1, 0.15) is 11.4 Å². The molecule has 0 saturated heterocycles. The number of benzene rings is 2. The van der Waals surface area contributed by atoms with E-state index < -0.39 is 0 Å². The molecule has 5 nitrogen and oxygen atoms in total. The van der Waals surface area contributed by atoms with E-state index in [1.165, 1.54) is 16.3 Å². The van der Waals surface area contributed by atoms with Gasteiger partial charge in [0.15, 0.2) is 5.82 Å². The number of tetrazole rings is 1. The highest BCUT2D eigenvalue weighted by Crippen LogP contribution is 2.15. The zero-order chi connectivity index (χ0) is 14.8. The highest BCUT2D eigenvalue weighted by Gasteiger charge is 2.08. The fraction of sp³-hybridized carbons (Fsp3) is 0.118. The highest BCUT2D eigenvalue weighted by molar-refractivity contribution is 5.82. The van der Waals surface area contributed by atoms with Crippen molar-refractivity contribution < 1.29 is 0 Å². The van der Waals surface area contributed by atoms with Gasteiger partial charge in [-0.25, -0.2) is 4.68 Å². The molecule has 0 bridgehead atoms. The molecule has 0 N–H and O–H groups in total. The third kappa shape index (κ3) is 2.48. The van der Waals surface area contributed by atoms with Gasteiger partial charge in [-0.1, -0.05) is 54.6 Å². The van der Waals surface area contributed by atoms with Gasteiger partial charge in [-0.2, -0.15) is 0 Å². The summed E-state index contributed by atoms with van der Waals surface area (Å²) in [7, 11) is 0. The average molecular weight is 289 g/mol. The molecule has 0 radical (unpaired) electrons. The Bertz CT molecular complexity index is 858. The lowest BCUT2D eigenvalue weighted by Gasteiger charge is -2.05.